The number of hydrogen-bond acceptors (Lipinski definition) is 0. The molecule has 0 N–H and O–H groups in total. The molecule has 192 valence electrons. The molecule has 0 heterocycles. The molecule has 0 aromatic heterocycles. The first kappa shape index (κ1) is 30.7. The molecule has 6 rings (SSSR count). The maximum atomic E-state index is 2.26. The Bertz CT molecular complexity index is 781. The SMILES string of the molecule is CC.CC.CC.c1ccc2c(c1)CCC2.c1ccc2c(c1)CCCC2.c1ccc2c(c1)CCCC2. The smallest absolute Gasteiger partial charge is 0.0273 e. The monoisotopic (exact) mass is 472 g/mol. The van der Waals surface area contributed by atoms with Gasteiger partial charge in [-0.3, -0.25) is 0 Å². The Labute approximate surface area is 218 Å². The number of hydrogen-bond donors (Lipinski definition) is 0. The second kappa shape index (κ2) is 19.9. The van der Waals surface area contributed by atoms with Crippen LogP contribution in [0.1, 0.15) is 107 Å². The first-order valence-corrected chi connectivity index (χ1v) is 14.6. The quantitative estimate of drug-likeness (QED) is 0.305. The van der Waals surface area contributed by atoms with Crippen molar-refractivity contribution in [2.75, 3.05) is 0 Å². The van der Waals surface area contributed by atoms with E-state index in [2.05, 4.69) is 72.8 Å². The number of fused-ring (bicyclic) bond motifs is 3. The summed E-state index contributed by atoms with van der Waals surface area (Å²) in [5, 5.41) is 0. The summed E-state index contributed by atoms with van der Waals surface area (Å²) in [7, 11) is 0. The van der Waals surface area contributed by atoms with E-state index in [0.29, 0.717) is 0 Å². The molecule has 0 fully saturated rings. The van der Waals surface area contributed by atoms with Crippen LogP contribution in [0.2, 0.25) is 0 Å². The molecule has 3 aromatic rings. The van der Waals surface area contributed by atoms with Gasteiger partial charge in [0, 0.05) is 0 Å². The summed E-state index contributed by atoms with van der Waals surface area (Å²) in [5.74, 6) is 0. The Balaban J connectivity index is 0.000000237. The summed E-state index contributed by atoms with van der Waals surface area (Å²) < 4.78 is 0. The molecule has 0 radical (unpaired) electrons. The lowest BCUT2D eigenvalue weighted by Gasteiger charge is -2.13. The van der Waals surface area contributed by atoms with Gasteiger partial charge in [-0.2, -0.15) is 0 Å². The third-order valence-corrected chi connectivity index (χ3v) is 6.53. The highest BCUT2D eigenvalue weighted by Crippen LogP contribution is 2.21. The van der Waals surface area contributed by atoms with Crippen LogP contribution in [-0.4, -0.2) is 0 Å². The van der Waals surface area contributed by atoms with Crippen molar-refractivity contribution in [3.05, 3.63) is 106 Å². The summed E-state index contributed by atoms with van der Waals surface area (Å²) in [6.45, 7) is 12.0. The third-order valence-electron chi connectivity index (χ3n) is 6.53. The van der Waals surface area contributed by atoms with E-state index in [-0.39, 0.29) is 0 Å². The van der Waals surface area contributed by atoms with E-state index >= 15 is 0 Å². The highest BCUT2D eigenvalue weighted by Gasteiger charge is 2.08. The molecule has 3 aromatic carbocycles. The maximum absolute atomic E-state index is 2.26. The predicted molar refractivity (Wildman–Crippen MR) is 159 cm³/mol. The Hall–Kier alpha value is -2.34. The predicted octanol–water partition coefficient (Wildman–Crippen LogP) is 10.4. The van der Waals surface area contributed by atoms with E-state index in [4.69, 9.17) is 0 Å². The minimum Gasteiger partial charge on any atom is -0.0683 e. The molecule has 3 aliphatic carbocycles. The number of rotatable bonds is 0. The van der Waals surface area contributed by atoms with Gasteiger partial charge >= 0.3 is 0 Å². The van der Waals surface area contributed by atoms with Crippen molar-refractivity contribution in [3.63, 3.8) is 0 Å². The van der Waals surface area contributed by atoms with Crippen molar-refractivity contribution in [2.24, 2.45) is 0 Å². The Kier molecular flexibility index (Phi) is 17.5. The van der Waals surface area contributed by atoms with E-state index in [0.717, 1.165) is 0 Å². The zero-order chi connectivity index (χ0) is 25.7. The molecular weight excluding hydrogens is 420 g/mol. The summed E-state index contributed by atoms with van der Waals surface area (Å²) in [4.78, 5) is 0. The molecule has 0 aliphatic heterocycles. The Morgan fingerprint density at radius 3 is 0.657 bits per heavy atom. The lowest BCUT2D eigenvalue weighted by atomic mass is 9.92. The fraction of sp³-hybridized carbons (Fsp3) is 0.486. The van der Waals surface area contributed by atoms with E-state index in [1.54, 1.807) is 33.4 Å². The standard InChI is InChI=1S/2C10H12.C9H10.3C2H6/c2*1-2-6-10-8-4-3-7-9(10)5-1;1-2-5-9-7-3-6-8(9)4-1;3*1-2/h2*1-2,5-6H,3-4,7-8H2;1-2,4-5H,3,6-7H2;3*1-2H3. The zero-order valence-electron chi connectivity index (χ0n) is 23.7. The van der Waals surface area contributed by atoms with Gasteiger partial charge in [0.15, 0.2) is 0 Å². The minimum atomic E-state index is 1.30. The van der Waals surface area contributed by atoms with Crippen LogP contribution in [0.4, 0.5) is 0 Å². The van der Waals surface area contributed by atoms with Crippen LogP contribution in [0.5, 0.6) is 0 Å². The van der Waals surface area contributed by atoms with Crippen molar-refractivity contribution in [3.8, 4) is 0 Å². The topological polar surface area (TPSA) is 0 Å². The average Bonchev–Trinajstić information content (AvgIpc) is 3.46. The van der Waals surface area contributed by atoms with Crippen LogP contribution in [-0.2, 0) is 38.5 Å². The van der Waals surface area contributed by atoms with Crippen LogP contribution < -0.4 is 0 Å². The van der Waals surface area contributed by atoms with E-state index in [9.17, 15) is 0 Å². The fourth-order valence-corrected chi connectivity index (χ4v) is 4.87. The van der Waals surface area contributed by atoms with Gasteiger partial charge < -0.3 is 0 Å². The Morgan fingerprint density at radius 1 is 0.286 bits per heavy atom. The van der Waals surface area contributed by atoms with E-state index in [1.807, 2.05) is 41.5 Å². The van der Waals surface area contributed by atoms with Crippen LogP contribution in [0.25, 0.3) is 0 Å². The summed E-state index contributed by atoms with van der Waals surface area (Å²) in [6, 6.07) is 26.3. The molecule has 0 saturated heterocycles. The van der Waals surface area contributed by atoms with Crippen molar-refractivity contribution in [2.45, 2.75) is 112 Å². The van der Waals surface area contributed by atoms with Gasteiger partial charge in [-0.05, 0) is 104 Å². The van der Waals surface area contributed by atoms with Crippen LogP contribution in [0, 0.1) is 0 Å². The van der Waals surface area contributed by atoms with Crippen molar-refractivity contribution in [1.29, 1.82) is 0 Å². The van der Waals surface area contributed by atoms with Gasteiger partial charge in [-0.1, -0.05) is 114 Å². The lowest BCUT2D eigenvalue weighted by molar-refractivity contribution is 0.685. The molecule has 0 bridgehead atoms. The molecule has 3 aliphatic rings. The van der Waals surface area contributed by atoms with Gasteiger partial charge in [-0.25, -0.2) is 0 Å². The highest BCUT2D eigenvalue weighted by atomic mass is 14.1. The third kappa shape index (κ3) is 10.9. The minimum absolute atomic E-state index is 1.30. The molecule has 0 nitrogen and oxygen atoms in total. The van der Waals surface area contributed by atoms with Gasteiger partial charge in [0.05, 0.1) is 0 Å². The second-order valence-electron chi connectivity index (χ2n) is 8.57. The molecule has 0 saturated carbocycles. The second-order valence-corrected chi connectivity index (χ2v) is 8.57. The molecular formula is C35H52. The number of benzene rings is 3. The lowest BCUT2D eigenvalue weighted by Crippen LogP contribution is -2.00. The van der Waals surface area contributed by atoms with Gasteiger partial charge in [-0.15, -0.1) is 0 Å². The molecule has 0 heteroatoms. The summed E-state index contributed by atoms with van der Waals surface area (Å²) in [5.41, 5.74) is 9.44. The highest BCUT2D eigenvalue weighted by molar-refractivity contribution is 5.31. The molecule has 35 heavy (non-hydrogen) atoms. The van der Waals surface area contributed by atoms with Crippen LogP contribution in [0.15, 0.2) is 72.8 Å². The average molecular weight is 473 g/mol. The first-order valence-electron chi connectivity index (χ1n) is 14.6. The van der Waals surface area contributed by atoms with Crippen molar-refractivity contribution >= 4 is 0 Å². The van der Waals surface area contributed by atoms with E-state index < -0.39 is 0 Å². The maximum Gasteiger partial charge on any atom is -0.0273 e. The van der Waals surface area contributed by atoms with Gasteiger partial charge in [0.2, 0.25) is 0 Å². The van der Waals surface area contributed by atoms with Gasteiger partial charge in [0.1, 0.15) is 0 Å². The molecule has 0 atom stereocenters. The molecule has 0 amide bonds. The van der Waals surface area contributed by atoms with E-state index in [1.165, 1.54) is 70.6 Å². The number of aryl methyl sites for hydroxylation is 6. The normalized spacial score (nSPS) is 13.9. The fourth-order valence-electron chi connectivity index (χ4n) is 4.87. The zero-order valence-corrected chi connectivity index (χ0v) is 23.7. The first-order chi connectivity index (χ1) is 17.4. The van der Waals surface area contributed by atoms with Crippen LogP contribution in [0.3, 0.4) is 0 Å². The van der Waals surface area contributed by atoms with Crippen molar-refractivity contribution < 1.29 is 0 Å². The molecule has 0 unspecified atom stereocenters. The summed E-state index contributed by atoms with van der Waals surface area (Å²) in [6.07, 6.45) is 14.7. The van der Waals surface area contributed by atoms with Crippen LogP contribution >= 0.6 is 0 Å². The largest absolute Gasteiger partial charge is 0.0683 e. The van der Waals surface area contributed by atoms with Crippen molar-refractivity contribution in [1.82, 2.24) is 0 Å². The van der Waals surface area contributed by atoms with Gasteiger partial charge in [0.25, 0.3) is 0 Å². The molecule has 0 spiro atoms. The Morgan fingerprint density at radius 2 is 0.457 bits per heavy atom. The summed E-state index contributed by atoms with van der Waals surface area (Å²) >= 11 is 0.